The first-order chi connectivity index (χ1) is 7.70. The lowest BCUT2D eigenvalue weighted by Gasteiger charge is -2.17. The monoisotopic (exact) mass is 227 g/mol. The number of hydrogen-bond acceptors (Lipinski definition) is 2. The van der Waals surface area contributed by atoms with Crippen LogP contribution in [-0.2, 0) is 0 Å². The normalized spacial score (nSPS) is 12.4. The Balaban J connectivity index is 2.81. The first kappa shape index (κ1) is 12.8. The molecule has 0 spiro atoms. The fourth-order valence-corrected chi connectivity index (χ4v) is 1.46. The van der Waals surface area contributed by atoms with Crippen molar-refractivity contribution in [3.63, 3.8) is 0 Å². The van der Waals surface area contributed by atoms with Crippen LogP contribution >= 0.6 is 0 Å². The van der Waals surface area contributed by atoms with Crippen molar-refractivity contribution < 1.29 is 13.9 Å². The molecule has 16 heavy (non-hydrogen) atoms. The summed E-state index contributed by atoms with van der Waals surface area (Å²) in [5, 5.41) is 12.0. The van der Waals surface area contributed by atoms with Crippen molar-refractivity contribution in [1.29, 1.82) is 0 Å². The molecular weight excluding hydrogens is 212 g/mol. The van der Waals surface area contributed by atoms with Gasteiger partial charge in [0.2, 0.25) is 0 Å². The molecule has 0 saturated carbocycles. The third-order valence-corrected chi connectivity index (χ3v) is 2.27. The zero-order chi connectivity index (χ0) is 12.0. The molecule has 0 aliphatic carbocycles. The first-order valence-electron chi connectivity index (χ1n) is 5.09. The fraction of sp³-hybridized carbons (Fsp3) is 0.333. The lowest BCUT2D eigenvalue weighted by molar-refractivity contribution is 0.239. The van der Waals surface area contributed by atoms with Gasteiger partial charge in [0.25, 0.3) is 0 Å². The summed E-state index contributed by atoms with van der Waals surface area (Å²) in [6, 6.07) is 2.93. The number of benzene rings is 1. The minimum absolute atomic E-state index is 0.117. The largest absolute Gasteiger partial charge is 0.394 e. The molecule has 0 amide bonds. The molecule has 1 aromatic carbocycles. The van der Waals surface area contributed by atoms with Crippen LogP contribution < -0.4 is 5.32 Å². The van der Waals surface area contributed by atoms with E-state index in [-0.39, 0.29) is 12.2 Å². The van der Waals surface area contributed by atoms with Gasteiger partial charge in [-0.3, -0.25) is 0 Å². The first-order valence-corrected chi connectivity index (χ1v) is 5.09. The van der Waals surface area contributed by atoms with Gasteiger partial charge < -0.3 is 10.4 Å². The van der Waals surface area contributed by atoms with E-state index in [0.717, 1.165) is 0 Å². The predicted molar refractivity (Wildman–Crippen MR) is 59.0 cm³/mol. The molecule has 0 aliphatic heterocycles. The SMILES string of the molecule is C=CCCNC(CO)c1c(F)cccc1F. The number of nitrogens with one attached hydrogen (secondary N) is 1. The highest BCUT2D eigenvalue weighted by Gasteiger charge is 2.18. The minimum Gasteiger partial charge on any atom is -0.394 e. The number of aliphatic hydroxyl groups is 1. The number of aliphatic hydroxyl groups excluding tert-OH is 1. The van der Waals surface area contributed by atoms with Crippen molar-refractivity contribution >= 4 is 0 Å². The van der Waals surface area contributed by atoms with Crippen molar-refractivity contribution in [2.24, 2.45) is 0 Å². The molecule has 1 rings (SSSR count). The van der Waals surface area contributed by atoms with Crippen molar-refractivity contribution in [3.05, 3.63) is 48.1 Å². The van der Waals surface area contributed by atoms with Gasteiger partial charge in [-0.05, 0) is 25.1 Å². The van der Waals surface area contributed by atoms with E-state index in [0.29, 0.717) is 13.0 Å². The van der Waals surface area contributed by atoms with Crippen LogP contribution in [-0.4, -0.2) is 18.3 Å². The van der Waals surface area contributed by atoms with E-state index in [1.165, 1.54) is 18.2 Å². The summed E-state index contributed by atoms with van der Waals surface area (Å²) >= 11 is 0. The summed E-state index contributed by atoms with van der Waals surface area (Å²) in [5.74, 6) is -1.30. The number of hydrogen-bond donors (Lipinski definition) is 2. The van der Waals surface area contributed by atoms with E-state index >= 15 is 0 Å². The Bertz CT molecular complexity index is 335. The maximum Gasteiger partial charge on any atom is 0.131 e. The molecule has 0 bridgehead atoms. The van der Waals surface area contributed by atoms with Gasteiger partial charge in [-0.1, -0.05) is 12.1 Å². The summed E-state index contributed by atoms with van der Waals surface area (Å²) in [4.78, 5) is 0. The molecule has 4 heteroatoms. The highest BCUT2D eigenvalue weighted by atomic mass is 19.1. The lowest BCUT2D eigenvalue weighted by Crippen LogP contribution is -2.27. The smallest absolute Gasteiger partial charge is 0.131 e. The molecular formula is C12H15F2NO. The molecule has 1 aromatic rings. The Morgan fingerprint density at radius 3 is 2.50 bits per heavy atom. The molecule has 1 atom stereocenters. The molecule has 1 unspecified atom stereocenters. The molecule has 0 saturated heterocycles. The summed E-state index contributed by atoms with van der Waals surface area (Å²) < 4.78 is 26.8. The van der Waals surface area contributed by atoms with E-state index in [4.69, 9.17) is 5.11 Å². The maximum absolute atomic E-state index is 13.4. The van der Waals surface area contributed by atoms with Gasteiger partial charge >= 0.3 is 0 Å². The van der Waals surface area contributed by atoms with Crippen molar-refractivity contribution in [3.8, 4) is 0 Å². The van der Waals surface area contributed by atoms with Gasteiger partial charge in [-0.25, -0.2) is 8.78 Å². The van der Waals surface area contributed by atoms with E-state index in [9.17, 15) is 8.78 Å². The highest BCUT2D eigenvalue weighted by Crippen LogP contribution is 2.20. The van der Waals surface area contributed by atoms with E-state index in [1.54, 1.807) is 6.08 Å². The van der Waals surface area contributed by atoms with Gasteiger partial charge in [0.1, 0.15) is 11.6 Å². The van der Waals surface area contributed by atoms with Gasteiger partial charge in [-0.2, -0.15) is 0 Å². The average molecular weight is 227 g/mol. The van der Waals surface area contributed by atoms with Crippen molar-refractivity contribution in [1.82, 2.24) is 5.32 Å². The fourth-order valence-electron chi connectivity index (χ4n) is 1.46. The number of halogens is 2. The molecule has 0 aliphatic rings. The zero-order valence-electron chi connectivity index (χ0n) is 8.92. The Hall–Kier alpha value is -1.26. The second-order valence-corrected chi connectivity index (χ2v) is 3.40. The Labute approximate surface area is 93.6 Å². The van der Waals surface area contributed by atoms with Crippen LogP contribution in [0.25, 0.3) is 0 Å². The van der Waals surface area contributed by atoms with Crippen LogP contribution in [0.5, 0.6) is 0 Å². The van der Waals surface area contributed by atoms with Crippen molar-refractivity contribution in [2.45, 2.75) is 12.5 Å². The molecule has 88 valence electrons. The van der Waals surface area contributed by atoms with Crippen LogP contribution in [0.1, 0.15) is 18.0 Å². The third kappa shape index (κ3) is 3.12. The zero-order valence-corrected chi connectivity index (χ0v) is 8.92. The summed E-state index contributed by atoms with van der Waals surface area (Å²) in [6.45, 7) is 3.70. The second-order valence-electron chi connectivity index (χ2n) is 3.40. The van der Waals surface area contributed by atoms with Crippen LogP contribution in [0, 0.1) is 11.6 Å². The average Bonchev–Trinajstić information content (AvgIpc) is 2.26. The maximum atomic E-state index is 13.4. The highest BCUT2D eigenvalue weighted by molar-refractivity contribution is 5.23. The molecule has 2 N–H and O–H groups in total. The summed E-state index contributed by atoms with van der Waals surface area (Å²) in [6.07, 6.45) is 2.37. The molecule has 0 radical (unpaired) electrons. The van der Waals surface area contributed by atoms with Crippen LogP contribution in [0.4, 0.5) is 8.78 Å². The summed E-state index contributed by atoms with van der Waals surface area (Å²) in [5.41, 5.74) is -0.117. The van der Waals surface area contributed by atoms with Crippen molar-refractivity contribution in [2.75, 3.05) is 13.2 Å². The Morgan fingerprint density at radius 2 is 2.00 bits per heavy atom. The van der Waals surface area contributed by atoms with Gasteiger partial charge in [-0.15, -0.1) is 6.58 Å². The van der Waals surface area contributed by atoms with E-state index < -0.39 is 17.7 Å². The van der Waals surface area contributed by atoms with E-state index in [1.807, 2.05) is 0 Å². The van der Waals surface area contributed by atoms with Crippen LogP contribution in [0.2, 0.25) is 0 Å². The lowest BCUT2D eigenvalue weighted by atomic mass is 10.1. The number of rotatable bonds is 6. The topological polar surface area (TPSA) is 32.3 Å². The predicted octanol–water partition coefficient (Wildman–Crippen LogP) is 2.16. The minimum atomic E-state index is -0.721. The Morgan fingerprint density at radius 1 is 1.38 bits per heavy atom. The second kappa shape index (κ2) is 6.35. The van der Waals surface area contributed by atoms with Gasteiger partial charge in [0.05, 0.1) is 12.6 Å². The van der Waals surface area contributed by atoms with Gasteiger partial charge in [0.15, 0.2) is 0 Å². The van der Waals surface area contributed by atoms with Crippen LogP contribution in [0.15, 0.2) is 30.9 Å². The third-order valence-electron chi connectivity index (χ3n) is 2.27. The molecule has 0 fully saturated rings. The molecule has 2 nitrogen and oxygen atoms in total. The molecule has 0 aromatic heterocycles. The van der Waals surface area contributed by atoms with E-state index in [2.05, 4.69) is 11.9 Å². The quantitative estimate of drug-likeness (QED) is 0.576. The van der Waals surface area contributed by atoms with Crippen LogP contribution in [0.3, 0.4) is 0 Å². The van der Waals surface area contributed by atoms with Gasteiger partial charge in [0, 0.05) is 5.56 Å². The standard InChI is InChI=1S/C12H15F2NO/c1-2-3-7-15-11(8-16)12-9(13)5-4-6-10(12)14/h2,4-6,11,15-16H,1,3,7-8H2. The molecule has 0 heterocycles. The Kier molecular flexibility index (Phi) is 5.08. The summed E-state index contributed by atoms with van der Waals surface area (Å²) in [7, 11) is 0.